The zero-order valence-corrected chi connectivity index (χ0v) is 8.67. The molecule has 1 rings (SSSR count). The highest BCUT2D eigenvalue weighted by Gasteiger charge is 2.43. The van der Waals surface area contributed by atoms with Crippen molar-refractivity contribution in [2.75, 3.05) is 13.7 Å². The first-order valence-electron chi connectivity index (χ1n) is 4.57. The average molecular weight is 203 g/mol. The molecule has 0 radical (unpaired) electrons. The zero-order valence-electron chi connectivity index (χ0n) is 8.67. The Morgan fingerprint density at radius 2 is 2.14 bits per heavy atom. The van der Waals surface area contributed by atoms with Crippen LogP contribution < -0.4 is 0 Å². The molecule has 2 N–H and O–H groups in total. The standard InChI is InChI=1S/C9H17NO4/c1-9(2)13-7(4-10-3)8(14-9)6(12)5-11/h4,6-8,11-12H,5H2,1-3H3/t6-,7-,8-/m1/s1. The Labute approximate surface area is 83.4 Å². The highest BCUT2D eigenvalue weighted by atomic mass is 16.8. The molecule has 0 aromatic carbocycles. The third-order valence-corrected chi connectivity index (χ3v) is 2.03. The van der Waals surface area contributed by atoms with Gasteiger partial charge in [-0.25, -0.2) is 0 Å². The molecule has 1 fully saturated rings. The fourth-order valence-electron chi connectivity index (χ4n) is 1.48. The Morgan fingerprint density at radius 3 is 2.64 bits per heavy atom. The summed E-state index contributed by atoms with van der Waals surface area (Å²) in [6, 6.07) is 0. The number of hydrogen-bond acceptors (Lipinski definition) is 5. The van der Waals surface area contributed by atoms with Gasteiger partial charge < -0.3 is 19.7 Å². The zero-order chi connectivity index (χ0) is 10.8. The fraction of sp³-hybridized carbons (Fsp3) is 0.889. The van der Waals surface area contributed by atoms with E-state index in [2.05, 4.69) is 4.99 Å². The fourth-order valence-corrected chi connectivity index (χ4v) is 1.48. The molecular weight excluding hydrogens is 186 g/mol. The van der Waals surface area contributed by atoms with Crippen LogP contribution in [-0.4, -0.2) is 54.2 Å². The Kier molecular flexibility index (Phi) is 3.60. The van der Waals surface area contributed by atoms with Crippen molar-refractivity contribution in [3.8, 4) is 0 Å². The Bertz CT molecular complexity index is 217. The van der Waals surface area contributed by atoms with E-state index in [1.165, 1.54) is 0 Å². The second kappa shape index (κ2) is 4.35. The van der Waals surface area contributed by atoms with Crippen molar-refractivity contribution < 1.29 is 19.7 Å². The molecule has 1 aliphatic rings. The summed E-state index contributed by atoms with van der Waals surface area (Å²) in [6.45, 7) is 3.17. The number of rotatable bonds is 3. The summed E-state index contributed by atoms with van der Waals surface area (Å²) in [6.07, 6.45) is -0.339. The van der Waals surface area contributed by atoms with Crippen LogP contribution in [0.5, 0.6) is 0 Å². The first-order chi connectivity index (χ1) is 6.50. The smallest absolute Gasteiger partial charge is 0.164 e. The lowest BCUT2D eigenvalue weighted by atomic mass is 10.1. The van der Waals surface area contributed by atoms with Gasteiger partial charge in [0.05, 0.1) is 6.61 Å². The van der Waals surface area contributed by atoms with Crippen molar-refractivity contribution in [1.29, 1.82) is 0 Å². The number of aliphatic hydroxyl groups is 2. The maximum absolute atomic E-state index is 9.47. The number of ether oxygens (including phenoxy) is 2. The maximum atomic E-state index is 9.47. The van der Waals surface area contributed by atoms with Gasteiger partial charge in [-0.3, -0.25) is 4.99 Å². The van der Waals surface area contributed by atoms with Crippen LogP contribution in [0.1, 0.15) is 13.8 Å². The summed E-state index contributed by atoms with van der Waals surface area (Å²) in [5.74, 6) is -0.743. The molecule has 82 valence electrons. The largest absolute Gasteiger partial charge is 0.394 e. The van der Waals surface area contributed by atoms with Crippen molar-refractivity contribution in [2.45, 2.75) is 37.9 Å². The lowest BCUT2D eigenvalue weighted by Gasteiger charge is -2.19. The van der Waals surface area contributed by atoms with Gasteiger partial charge in [-0.2, -0.15) is 0 Å². The Hall–Kier alpha value is -0.490. The van der Waals surface area contributed by atoms with Crippen molar-refractivity contribution in [3.63, 3.8) is 0 Å². The molecule has 0 bridgehead atoms. The van der Waals surface area contributed by atoms with Crippen LogP contribution >= 0.6 is 0 Å². The van der Waals surface area contributed by atoms with E-state index in [-0.39, 0.29) is 6.61 Å². The molecule has 0 spiro atoms. The SMILES string of the molecule is CN=C[C@H]1OC(C)(C)O[C@@H]1[C@H](O)CO. The summed E-state index contributed by atoms with van der Waals surface area (Å²) < 4.78 is 10.9. The molecule has 0 aromatic heterocycles. The van der Waals surface area contributed by atoms with Crippen LogP contribution in [0.2, 0.25) is 0 Å². The highest BCUT2D eigenvalue weighted by Crippen LogP contribution is 2.28. The van der Waals surface area contributed by atoms with E-state index < -0.39 is 24.1 Å². The lowest BCUT2D eigenvalue weighted by molar-refractivity contribution is -0.155. The molecule has 0 saturated carbocycles. The summed E-state index contributed by atoms with van der Waals surface area (Å²) in [4.78, 5) is 3.83. The summed E-state index contributed by atoms with van der Waals surface area (Å²) in [7, 11) is 1.62. The van der Waals surface area contributed by atoms with Crippen LogP contribution in [0, 0.1) is 0 Å². The van der Waals surface area contributed by atoms with E-state index in [0.29, 0.717) is 0 Å². The molecule has 0 amide bonds. The van der Waals surface area contributed by atoms with Crippen molar-refractivity contribution >= 4 is 6.21 Å². The maximum Gasteiger partial charge on any atom is 0.164 e. The first kappa shape index (κ1) is 11.6. The van der Waals surface area contributed by atoms with E-state index in [0.717, 1.165) is 0 Å². The van der Waals surface area contributed by atoms with Gasteiger partial charge in [-0.1, -0.05) is 0 Å². The molecule has 3 atom stereocenters. The van der Waals surface area contributed by atoms with Gasteiger partial charge in [0.25, 0.3) is 0 Å². The Balaban J connectivity index is 2.72. The number of hydrogen-bond donors (Lipinski definition) is 2. The molecule has 0 unspecified atom stereocenters. The molecule has 0 aliphatic carbocycles. The lowest BCUT2D eigenvalue weighted by Crippen LogP contribution is -2.38. The minimum atomic E-state index is -0.945. The van der Waals surface area contributed by atoms with E-state index in [1.807, 2.05) is 0 Å². The second-order valence-corrected chi connectivity index (χ2v) is 3.72. The molecule has 14 heavy (non-hydrogen) atoms. The van der Waals surface area contributed by atoms with Crippen molar-refractivity contribution in [1.82, 2.24) is 0 Å². The first-order valence-corrected chi connectivity index (χ1v) is 4.57. The second-order valence-electron chi connectivity index (χ2n) is 3.72. The van der Waals surface area contributed by atoms with Crippen LogP contribution in [0.15, 0.2) is 4.99 Å². The van der Waals surface area contributed by atoms with Gasteiger partial charge in [-0.15, -0.1) is 0 Å². The highest BCUT2D eigenvalue weighted by molar-refractivity contribution is 5.64. The number of aliphatic imine (C=N–C) groups is 1. The molecule has 5 heteroatoms. The minimum absolute atomic E-state index is 0.349. The normalized spacial score (nSPS) is 33.8. The third kappa shape index (κ3) is 2.51. The summed E-state index contributed by atoms with van der Waals surface area (Å²) in [5.41, 5.74) is 0. The average Bonchev–Trinajstić information content (AvgIpc) is 2.41. The van der Waals surface area contributed by atoms with Gasteiger partial charge >= 0.3 is 0 Å². The molecule has 0 aromatic rings. The van der Waals surface area contributed by atoms with E-state index in [4.69, 9.17) is 14.6 Å². The van der Waals surface area contributed by atoms with E-state index >= 15 is 0 Å². The van der Waals surface area contributed by atoms with Gasteiger partial charge in [-0.05, 0) is 13.8 Å². The van der Waals surface area contributed by atoms with E-state index in [9.17, 15) is 5.11 Å². The van der Waals surface area contributed by atoms with Gasteiger partial charge in [0.1, 0.15) is 18.3 Å². The molecule has 1 saturated heterocycles. The van der Waals surface area contributed by atoms with Gasteiger partial charge in [0.15, 0.2) is 5.79 Å². The summed E-state index contributed by atoms with van der Waals surface area (Å²) >= 11 is 0. The topological polar surface area (TPSA) is 71.3 Å². The van der Waals surface area contributed by atoms with Crippen molar-refractivity contribution in [2.24, 2.45) is 4.99 Å². The minimum Gasteiger partial charge on any atom is -0.394 e. The van der Waals surface area contributed by atoms with Crippen LogP contribution in [0.25, 0.3) is 0 Å². The quantitative estimate of drug-likeness (QED) is 0.610. The molecular formula is C9H17NO4. The van der Waals surface area contributed by atoms with Crippen molar-refractivity contribution in [3.05, 3.63) is 0 Å². The molecule has 5 nitrogen and oxygen atoms in total. The summed E-state index contributed by atoms with van der Waals surface area (Å²) in [5, 5.41) is 18.3. The monoisotopic (exact) mass is 203 g/mol. The number of aliphatic hydroxyl groups excluding tert-OH is 2. The number of nitrogens with zero attached hydrogens (tertiary/aromatic N) is 1. The van der Waals surface area contributed by atoms with Crippen LogP contribution in [-0.2, 0) is 9.47 Å². The predicted molar refractivity (Wildman–Crippen MR) is 51.3 cm³/mol. The van der Waals surface area contributed by atoms with Gasteiger partial charge in [0, 0.05) is 13.3 Å². The van der Waals surface area contributed by atoms with Gasteiger partial charge in [0.2, 0.25) is 0 Å². The molecule has 1 heterocycles. The van der Waals surface area contributed by atoms with E-state index in [1.54, 1.807) is 27.1 Å². The molecule has 1 aliphatic heterocycles. The predicted octanol–water partition coefficient (Wildman–Crippen LogP) is -0.440. The van der Waals surface area contributed by atoms with Crippen LogP contribution in [0.3, 0.4) is 0 Å². The van der Waals surface area contributed by atoms with Crippen LogP contribution in [0.4, 0.5) is 0 Å². The third-order valence-electron chi connectivity index (χ3n) is 2.03. The Morgan fingerprint density at radius 1 is 1.50 bits per heavy atom.